The Morgan fingerprint density at radius 1 is 1.39 bits per heavy atom. The van der Waals surface area contributed by atoms with Gasteiger partial charge in [-0.15, -0.1) is 0 Å². The molecule has 2 atom stereocenters. The van der Waals surface area contributed by atoms with Crippen molar-refractivity contribution in [2.75, 3.05) is 18.5 Å². The fraction of sp³-hybridized carbons (Fsp3) is 0.533. The maximum atomic E-state index is 12.5. The molecule has 1 fully saturated rings. The number of carbonyl (C=O) groups is 1. The second kappa shape index (κ2) is 5.11. The number of benzene rings is 1. The van der Waals surface area contributed by atoms with E-state index >= 15 is 0 Å². The van der Waals surface area contributed by atoms with E-state index in [1.165, 1.54) is 5.56 Å². The highest BCUT2D eigenvalue weighted by molar-refractivity contribution is 5.97. The first-order chi connectivity index (χ1) is 8.50. The van der Waals surface area contributed by atoms with Crippen LogP contribution >= 0.6 is 0 Å². The summed E-state index contributed by atoms with van der Waals surface area (Å²) in [4.78, 5) is 14.2. The van der Waals surface area contributed by atoms with E-state index in [0.717, 1.165) is 24.2 Å². The lowest BCUT2D eigenvalue weighted by Crippen LogP contribution is -2.44. The number of hydrogen-bond donors (Lipinski definition) is 1. The minimum atomic E-state index is -0.0318. The maximum absolute atomic E-state index is 12.5. The molecule has 1 aliphatic rings. The van der Waals surface area contributed by atoms with E-state index in [0.29, 0.717) is 5.92 Å². The van der Waals surface area contributed by atoms with Crippen molar-refractivity contribution in [1.29, 1.82) is 0 Å². The lowest BCUT2D eigenvalue weighted by molar-refractivity contribution is -0.120. The molecule has 1 aromatic rings. The van der Waals surface area contributed by atoms with Gasteiger partial charge in [0.05, 0.1) is 6.04 Å². The van der Waals surface area contributed by atoms with Gasteiger partial charge < -0.3 is 10.2 Å². The Kier molecular flexibility index (Phi) is 3.71. The van der Waals surface area contributed by atoms with Crippen molar-refractivity contribution < 1.29 is 4.79 Å². The average molecular weight is 246 g/mol. The lowest BCUT2D eigenvalue weighted by Gasteiger charge is -2.25. The number of hydrogen-bond acceptors (Lipinski definition) is 2. The van der Waals surface area contributed by atoms with Crippen molar-refractivity contribution in [1.82, 2.24) is 5.32 Å². The zero-order valence-electron chi connectivity index (χ0n) is 11.7. The fourth-order valence-electron chi connectivity index (χ4n) is 2.67. The molecular weight excluding hydrogens is 224 g/mol. The van der Waals surface area contributed by atoms with Crippen molar-refractivity contribution in [3.05, 3.63) is 29.3 Å². The maximum Gasteiger partial charge on any atom is 0.244 e. The molecule has 18 heavy (non-hydrogen) atoms. The molecule has 1 aromatic carbocycles. The van der Waals surface area contributed by atoms with E-state index in [4.69, 9.17) is 0 Å². The summed E-state index contributed by atoms with van der Waals surface area (Å²) in [6.07, 6.45) is 1.08. The summed E-state index contributed by atoms with van der Waals surface area (Å²) in [5.74, 6) is 0.595. The molecule has 2 rings (SSSR count). The molecule has 0 bridgehead atoms. The standard InChI is InChI=1S/C15H22N2O/c1-10-5-6-13(12(3)9-10)17(4)15(18)14-11(2)7-8-16-14/h5-6,9,11,14,16H,7-8H2,1-4H3. The monoisotopic (exact) mass is 246 g/mol. The first kappa shape index (κ1) is 13.1. The smallest absolute Gasteiger partial charge is 0.244 e. The molecule has 2 unspecified atom stereocenters. The van der Waals surface area contributed by atoms with Gasteiger partial charge in [0.2, 0.25) is 5.91 Å². The Balaban J connectivity index is 2.20. The summed E-state index contributed by atoms with van der Waals surface area (Å²) >= 11 is 0. The summed E-state index contributed by atoms with van der Waals surface area (Å²) in [6.45, 7) is 7.20. The largest absolute Gasteiger partial charge is 0.314 e. The van der Waals surface area contributed by atoms with Gasteiger partial charge in [-0.05, 0) is 44.4 Å². The predicted octanol–water partition coefficient (Wildman–Crippen LogP) is 2.26. The van der Waals surface area contributed by atoms with Crippen molar-refractivity contribution in [3.8, 4) is 0 Å². The number of rotatable bonds is 2. The second-order valence-electron chi connectivity index (χ2n) is 5.38. The molecule has 1 saturated heterocycles. The third kappa shape index (κ3) is 2.41. The van der Waals surface area contributed by atoms with Crippen molar-refractivity contribution in [3.63, 3.8) is 0 Å². The second-order valence-corrected chi connectivity index (χ2v) is 5.38. The van der Waals surface area contributed by atoms with Crippen molar-refractivity contribution in [2.24, 2.45) is 5.92 Å². The average Bonchev–Trinajstić information content (AvgIpc) is 2.74. The number of nitrogens with one attached hydrogen (secondary N) is 1. The highest BCUT2D eigenvalue weighted by Crippen LogP contribution is 2.23. The van der Waals surface area contributed by atoms with Crippen LogP contribution in [-0.2, 0) is 4.79 Å². The summed E-state index contributed by atoms with van der Waals surface area (Å²) < 4.78 is 0. The molecule has 1 heterocycles. The van der Waals surface area contributed by atoms with Gasteiger partial charge in [-0.2, -0.15) is 0 Å². The number of amides is 1. The predicted molar refractivity (Wildman–Crippen MR) is 74.9 cm³/mol. The Labute approximate surface area is 109 Å². The van der Waals surface area contributed by atoms with E-state index in [1.54, 1.807) is 4.90 Å². The first-order valence-electron chi connectivity index (χ1n) is 6.59. The number of carbonyl (C=O) groups excluding carboxylic acids is 1. The normalized spacial score (nSPS) is 23.1. The van der Waals surface area contributed by atoms with E-state index in [9.17, 15) is 4.79 Å². The zero-order valence-corrected chi connectivity index (χ0v) is 11.7. The van der Waals surface area contributed by atoms with Crippen LogP contribution in [0, 0.1) is 19.8 Å². The molecule has 1 amide bonds. The Morgan fingerprint density at radius 3 is 2.67 bits per heavy atom. The molecule has 0 aromatic heterocycles. The Bertz CT molecular complexity index is 456. The van der Waals surface area contributed by atoms with Gasteiger partial charge in [-0.3, -0.25) is 4.79 Å². The van der Waals surface area contributed by atoms with Gasteiger partial charge in [0.25, 0.3) is 0 Å². The number of nitrogens with zero attached hydrogens (tertiary/aromatic N) is 1. The van der Waals surface area contributed by atoms with E-state index in [1.807, 2.05) is 13.1 Å². The van der Waals surface area contributed by atoms with E-state index in [2.05, 4.69) is 38.2 Å². The van der Waals surface area contributed by atoms with Crippen LogP contribution in [0.25, 0.3) is 0 Å². The van der Waals surface area contributed by atoms with Gasteiger partial charge in [0, 0.05) is 12.7 Å². The zero-order chi connectivity index (χ0) is 13.3. The van der Waals surface area contributed by atoms with Gasteiger partial charge in [-0.1, -0.05) is 24.6 Å². The molecule has 0 aliphatic carbocycles. The Morgan fingerprint density at radius 2 is 2.11 bits per heavy atom. The van der Waals surface area contributed by atoms with E-state index < -0.39 is 0 Å². The van der Waals surface area contributed by atoms with Crippen LogP contribution in [0.2, 0.25) is 0 Å². The molecule has 3 nitrogen and oxygen atoms in total. The number of likely N-dealkylation sites (N-methyl/N-ethyl adjacent to an activating group) is 1. The van der Waals surface area contributed by atoms with E-state index in [-0.39, 0.29) is 11.9 Å². The minimum Gasteiger partial charge on any atom is -0.314 e. The van der Waals surface area contributed by atoms with Crippen LogP contribution in [0.1, 0.15) is 24.5 Å². The van der Waals surface area contributed by atoms with Crippen LogP contribution in [-0.4, -0.2) is 25.5 Å². The summed E-state index contributed by atoms with van der Waals surface area (Å²) in [7, 11) is 1.87. The van der Waals surface area contributed by atoms with Crippen molar-refractivity contribution >= 4 is 11.6 Å². The number of aryl methyl sites for hydroxylation is 2. The fourth-order valence-corrected chi connectivity index (χ4v) is 2.67. The van der Waals surface area contributed by atoms with Gasteiger partial charge >= 0.3 is 0 Å². The van der Waals surface area contributed by atoms with Crippen LogP contribution in [0.4, 0.5) is 5.69 Å². The van der Waals surface area contributed by atoms with Crippen molar-refractivity contribution in [2.45, 2.75) is 33.2 Å². The molecule has 98 valence electrons. The van der Waals surface area contributed by atoms with Gasteiger partial charge in [0.1, 0.15) is 0 Å². The number of anilines is 1. The van der Waals surface area contributed by atoms with Gasteiger partial charge in [-0.25, -0.2) is 0 Å². The highest BCUT2D eigenvalue weighted by atomic mass is 16.2. The molecule has 0 radical (unpaired) electrons. The van der Waals surface area contributed by atoms with Crippen LogP contribution < -0.4 is 10.2 Å². The lowest BCUT2D eigenvalue weighted by atomic mass is 10.0. The quantitative estimate of drug-likeness (QED) is 0.868. The van der Waals surface area contributed by atoms with Crippen LogP contribution in [0.3, 0.4) is 0 Å². The Hall–Kier alpha value is -1.35. The molecule has 1 aliphatic heterocycles. The molecular formula is C15H22N2O. The topological polar surface area (TPSA) is 32.3 Å². The summed E-state index contributed by atoms with van der Waals surface area (Å²) in [6, 6.07) is 6.17. The third-order valence-corrected chi connectivity index (χ3v) is 3.84. The molecule has 1 N–H and O–H groups in total. The minimum absolute atomic E-state index is 0.0318. The SMILES string of the molecule is Cc1ccc(N(C)C(=O)C2NCCC2C)c(C)c1. The molecule has 3 heteroatoms. The van der Waals surface area contributed by atoms with Crippen LogP contribution in [0.15, 0.2) is 18.2 Å². The molecule has 0 saturated carbocycles. The summed E-state index contributed by atoms with van der Waals surface area (Å²) in [5.41, 5.74) is 3.38. The first-order valence-corrected chi connectivity index (χ1v) is 6.59. The third-order valence-electron chi connectivity index (χ3n) is 3.84. The van der Waals surface area contributed by atoms with Gasteiger partial charge in [0.15, 0.2) is 0 Å². The van der Waals surface area contributed by atoms with Crippen LogP contribution in [0.5, 0.6) is 0 Å². The highest BCUT2D eigenvalue weighted by Gasteiger charge is 2.31. The summed E-state index contributed by atoms with van der Waals surface area (Å²) in [5, 5.41) is 3.30. The molecule has 0 spiro atoms.